The second-order valence-electron chi connectivity index (χ2n) is 5.51. The number of hydrogen-bond acceptors (Lipinski definition) is 4. The molecule has 1 aliphatic rings. The number of hydrogen-bond donors (Lipinski definition) is 1. The number of imide groups is 1. The summed E-state index contributed by atoms with van der Waals surface area (Å²) in [6.45, 7) is 0.109. The molecule has 26 heavy (non-hydrogen) atoms. The molecule has 0 aromatic heterocycles. The molecule has 0 radical (unpaired) electrons. The van der Waals surface area contributed by atoms with E-state index in [2.05, 4.69) is 5.32 Å². The maximum atomic E-state index is 12.9. The second kappa shape index (κ2) is 7.20. The molecule has 1 aliphatic heterocycles. The number of anilines is 1. The van der Waals surface area contributed by atoms with Gasteiger partial charge in [0.15, 0.2) is 5.37 Å². The zero-order valence-electron chi connectivity index (χ0n) is 13.1. The summed E-state index contributed by atoms with van der Waals surface area (Å²) in [6, 6.07) is 12.2. The van der Waals surface area contributed by atoms with Gasteiger partial charge in [0, 0.05) is 5.69 Å². The van der Waals surface area contributed by atoms with Gasteiger partial charge in [-0.1, -0.05) is 41.9 Å². The zero-order chi connectivity index (χ0) is 18.9. The number of alkyl halides is 3. The fraction of sp³-hybridized carbons (Fsp3) is 0.176. The lowest BCUT2D eigenvalue weighted by molar-refractivity contribution is -0.137. The summed E-state index contributed by atoms with van der Waals surface area (Å²) in [5.41, 5.74) is -0.171. The summed E-state index contributed by atoms with van der Waals surface area (Å²) in [6.07, 6.45) is -4.61. The van der Waals surface area contributed by atoms with Crippen LogP contribution in [0.15, 0.2) is 48.5 Å². The van der Waals surface area contributed by atoms with Gasteiger partial charge in [-0.25, -0.2) is 0 Å². The molecule has 0 spiro atoms. The van der Waals surface area contributed by atoms with Gasteiger partial charge in [-0.2, -0.15) is 13.2 Å². The Morgan fingerprint density at radius 1 is 1.12 bits per heavy atom. The van der Waals surface area contributed by atoms with E-state index in [-0.39, 0.29) is 12.2 Å². The predicted octanol–water partition coefficient (Wildman–Crippen LogP) is 4.99. The summed E-state index contributed by atoms with van der Waals surface area (Å²) in [4.78, 5) is 25.6. The van der Waals surface area contributed by atoms with Crippen LogP contribution in [0, 0.1) is 0 Å². The zero-order valence-corrected chi connectivity index (χ0v) is 14.7. The molecule has 2 amide bonds. The molecule has 9 heteroatoms. The Labute approximate surface area is 156 Å². The Kier molecular flexibility index (Phi) is 5.15. The van der Waals surface area contributed by atoms with Crippen molar-refractivity contribution in [1.29, 1.82) is 0 Å². The van der Waals surface area contributed by atoms with E-state index in [9.17, 15) is 22.8 Å². The van der Waals surface area contributed by atoms with Gasteiger partial charge in [-0.05, 0) is 35.5 Å². The third-order valence-corrected chi connectivity index (χ3v) is 4.99. The van der Waals surface area contributed by atoms with Crippen molar-refractivity contribution in [2.45, 2.75) is 18.1 Å². The molecule has 2 aromatic rings. The number of benzene rings is 2. The number of nitrogens with one attached hydrogen (secondary N) is 1. The van der Waals surface area contributed by atoms with Crippen LogP contribution < -0.4 is 5.32 Å². The quantitative estimate of drug-likeness (QED) is 0.785. The molecule has 136 valence electrons. The minimum absolute atomic E-state index is 0.0573. The number of amides is 2. The second-order valence-corrected chi connectivity index (χ2v) is 6.97. The molecule has 0 saturated carbocycles. The van der Waals surface area contributed by atoms with Gasteiger partial charge in [0.1, 0.15) is 0 Å². The number of nitrogens with zero attached hydrogens (tertiary/aromatic N) is 1. The van der Waals surface area contributed by atoms with E-state index in [1.807, 2.05) is 6.07 Å². The van der Waals surface area contributed by atoms with Crippen LogP contribution in [-0.4, -0.2) is 21.4 Å². The highest BCUT2D eigenvalue weighted by Gasteiger charge is 2.40. The molecule has 2 aromatic carbocycles. The van der Waals surface area contributed by atoms with E-state index in [0.717, 1.165) is 34.4 Å². The van der Waals surface area contributed by atoms with Crippen LogP contribution in [0.4, 0.5) is 23.7 Å². The lowest BCUT2D eigenvalue weighted by Crippen LogP contribution is -2.33. The Morgan fingerprint density at radius 3 is 2.46 bits per heavy atom. The fourth-order valence-electron chi connectivity index (χ4n) is 2.43. The molecule has 1 N–H and O–H groups in total. The van der Waals surface area contributed by atoms with E-state index >= 15 is 0 Å². The number of halogens is 4. The van der Waals surface area contributed by atoms with Gasteiger partial charge in [-0.15, -0.1) is 0 Å². The van der Waals surface area contributed by atoms with Gasteiger partial charge in [0.05, 0.1) is 17.1 Å². The van der Waals surface area contributed by atoms with E-state index < -0.39 is 33.3 Å². The average molecular weight is 401 g/mol. The maximum absolute atomic E-state index is 12.9. The molecule has 3 rings (SSSR count). The monoisotopic (exact) mass is 400 g/mol. The lowest BCUT2D eigenvalue weighted by Gasteiger charge is -2.16. The smallest absolute Gasteiger partial charge is 0.365 e. The molecule has 4 nitrogen and oxygen atoms in total. The molecule has 1 unspecified atom stereocenters. The van der Waals surface area contributed by atoms with Gasteiger partial charge in [-0.3, -0.25) is 14.5 Å². The highest BCUT2D eigenvalue weighted by molar-refractivity contribution is 8.15. The predicted molar refractivity (Wildman–Crippen MR) is 93.8 cm³/mol. The van der Waals surface area contributed by atoms with Gasteiger partial charge < -0.3 is 5.32 Å². The van der Waals surface area contributed by atoms with Crippen molar-refractivity contribution < 1.29 is 22.8 Å². The van der Waals surface area contributed by atoms with Gasteiger partial charge in [0.25, 0.3) is 11.1 Å². The Bertz CT molecular complexity index is 846. The summed E-state index contributed by atoms with van der Waals surface area (Å²) < 4.78 is 38.8. The summed E-state index contributed by atoms with van der Waals surface area (Å²) in [5.74, 6) is -0.507. The highest BCUT2D eigenvalue weighted by Crippen LogP contribution is 2.37. The third kappa shape index (κ3) is 3.96. The molecule has 1 fully saturated rings. The Hall–Kier alpha value is -2.19. The molecular formula is C17H12ClF3N2O2S. The first kappa shape index (κ1) is 18.6. The van der Waals surface area contributed by atoms with Gasteiger partial charge >= 0.3 is 6.18 Å². The highest BCUT2D eigenvalue weighted by atomic mass is 35.5. The summed E-state index contributed by atoms with van der Waals surface area (Å²) in [7, 11) is 0. The molecule has 1 saturated heterocycles. The average Bonchev–Trinajstić information content (AvgIpc) is 2.84. The number of thioether (sulfide) groups is 1. The van der Waals surface area contributed by atoms with E-state index in [4.69, 9.17) is 11.6 Å². The van der Waals surface area contributed by atoms with E-state index in [1.165, 1.54) is 6.07 Å². The molecule has 1 heterocycles. The van der Waals surface area contributed by atoms with Crippen LogP contribution in [0.25, 0.3) is 0 Å². The first-order chi connectivity index (χ1) is 12.3. The first-order valence-electron chi connectivity index (χ1n) is 7.45. The fourth-order valence-corrected chi connectivity index (χ4v) is 3.56. The molecule has 0 aliphatic carbocycles. The third-order valence-electron chi connectivity index (χ3n) is 3.68. The first-order valence-corrected chi connectivity index (χ1v) is 8.70. The minimum atomic E-state index is -4.61. The Balaban J connectivity index is 1.75. The van der Waals surface area contributed by atoms with E-state index in [1.54, 1.807) is 24.3 Å². The SMILES string of the molecule is O=C1SC(Nc2ccc(Cl)c(C(F)(F)F)c2)C(=O)N1Cc1ccccc1. The molecular weight excluding hydrogens is 389 g/mol. The minimum Gasteiger partial charge on any atom is -0.365 e. The van der Waals surface area contributed by atoms with Crippen LogP contribution in [0.5, 0.6) is 0 Å². The maximum Gasteiger partial charge on any atom is 0.417 e. The van der Waals surface area contributed by atoms with Crippen LogP contribution in [-0.2, 0) is 17.5 Å². The largest absolute Gasteiger partial charge is 0.417 e. The van der Waals surface area contributed by atoms with Crippen molar-refractivity contribution in [3.05, 3.63) is 64.7 Å². The standard InChI is InChI=1S/C17H12ClF3N2O2S/c18-13-7-6-11(8-12(13)17(19,20)21)22-14-15(24)23(16(25)26-14)9-10-4-2-1-3-5-10/h1-8,14,22H,9H2. The number of rotatable bonds is 4. The number of carbonyl (C=O) groups excluding carboxylic acids is 2. The number of carbonyl (C=O) groups is 2. The normalized spacial score (nSPS) is 17.7. The van der Waals surface area contributed by atoms with Crippen molar-refractivity contribution in [1.82, 2.24) is 4.90 Å². The Morgan fingerprint density at radius 2 is 1.81 bits per heavy atom. The molecule has 1 atom stereocenters. The van der Waals surface area contributed by atoms with Crippen molar-refractivity contribution >= 4 is 40.2 Å². The van der Waals surface area contributed by atoms with E-state index in [0.29, 0.717) is 0 Å². The van der Waals surface area contributed by atoms with Crippen molar-refractivity contribution in [3.8, 4) is 0 Å². The van der Waals surface area contributed by atoms with Crippen molar-refractivity contribution in [3.63, 3.8) is 0 Å². The summed E-state index contributed by atoms with van der Waals surface area (Å²) in [5, 5.41) is 0.785. The lowest BCUT2D eigenvalue weighted by atomic mass is 10.2. The molecule has 0 bridgehead atoms. The topological polar surface area (TPSA) is 49.4 Å². The van der Waals surface area contributed by atoms with Crippen LogP contribution in [0.1, 0.15) is 11.1 Å². The van der Waals surface area contributed by atoms with Crippen LogP contribution >= 0.6 is 23.4 Å². The van der Waals surface area contributed by atoms with Crippen molar-refractivity contribution in [2.75, 3.05) is 5.32 Å². The van der Waals surface area contributed by atoms with Crippen molar-refractivity contribution in [2.24, 2.45) is 0 Å². The van der Waals surface area contributed by atoms with Gasteiger partial charge in [0.2, 0.25) is 0 Å². The van der Waals surface area contributed by atoms with Crippen LogP contribution in [0.2, 0.25) is 5.02 Å². The summed E-state index contributed by atoms with van der Waals surface area (Å²) >= 11 is 6.31. The van der Waals surface area contributed by atoms with Crippen LogP contribution in [0.3, 0.4) is 0 Å².